The van der Waals surface area contributed by atoms with Gasteiger partial charge < -0.3 is 4.98 Å². The summed E-state index contributed by atoms with van der Waals surface area (Å²) in [6.07, 6.45) is 2.00. The highest BCUT2D eigenvalue weighted by Crippen LogP contribution is 2.25. The smallest absolute Gasteiger partial charge is 0.0601 e. The summed E-state index contributed by atoms with van der Waals surface area (Å²) in [7, 11) is 0. The third kappa shape index (κ3) is 1.17. The maximum absolute atomic E-state index is 4.25. The van der Waals surface area contributed by atoms with Gasteiger partial charge in [-0.3, -0.25) is 0 Å². The van der Waals surface area contributed by atoms with E-state index >= 15 is 0 Å². The summed E-state index contributed by atoms with van der Waals surface area (Å²) in [6.45, 7) is 0. The summed E-state index contributed by atoms with van der Waals surface area (Å²) >= 11 is 7.73. The minimum Gasteiger partial charge on any atom is -0.360 e. The Balaban J connectivity index is 2.80. The molecule has 0 unspecified atom stereocenters. The maximum Gasteiger partial charge on any atom is 0.0601 e. The molecule has 1 N–H and O–H groups in total. The van der Waals surface area contributed by atoms with E-state index in [9.17, 15) is 0 Å². The normalized spacial score (nSPS) is 10.8. The molecule has 0 atom stereocenters. The fraction of sp³-hybridized carbons (Fsp3) is 0.111. The van der Waals surface area contributed by atoms with Gasteiger partial charge >= 0.3 is 0 Å². The quantitative estimate of drug-likeness (QED) is 0.713. The van der Waals surface area contributed by atoms with Crippen molar-refractivity contribution in [2.24, 2.45) is 0 Å². The average Bonchev–Trinajstić information content (AvgIpc) is 2.49. The minimum absolute atomic E-state index is 0.774. The molecule has 62 valence electrons. The van der Waals surface area contributed by atoms with Crippen LogP contribution in [0.2, 0.25) is 0 Å². The van der Waals surface area contributed by atoms with Crippen LogP contribution in [0.15, 0.2) is 28.9 Å². The lowest BCUT2D eigenvalue weighted by atomic mass is 10.2. The van der Waals surface area contributed by atoms with Crippen molar-refractivity contribution in [2.75, 3.05) is 0 Å². The molecule has 2 aromatic rings. The van der Waals surface area contributed by atoms with Crippen LogP contribution in [0.3, 0.4) is 0 Å². The first-order valence-electron chi connectivity index (χ1n) is 3.68. The van der Waals surface area contributed by atoms with Gasteiger partial charge in [0.2, 0.25) is 0 Å². The second-order valence-electron chi connectivity index (χ2n) is 2.63. The number of thiol groups is 1. The number of fused-ring (bicyclic) bond motifs is 1. The van der Waals surface area contributed by atoms with Crippen LogP contribution in [0.25, 0.3) is 10.9 Å². The van der Waals surface area contributed by atoms with Crippen molar-refractivity contribution in [2.45, 2.75) is 5.75 Å². The Morgan fingerprint density at radius 1 is 1.42 bits per heavy atom. The van der Waals surface area contributed by atoms with Gasteiger partial charge in [0, 0.05) is 21.8 Å². The number of aromatic nitrogens is 1. The van der Waals surface area contributed by atoms with Crippen LogP contribution in [0.5, 0.6) is 0 Å². The molecule has 1 nitrogen and oxygen atoms in total. The van der Waals surface area contributed by atoms with E-state index in [1.165, 1.54) is 10.9 Å². The number of aromatic amines is 1. The van der Waals surface area contributed by atoms with Gasteiger partial charge in [0.1, 0.15) is 0 Å². The number of nitrogens with one attached hydrogen (secondary N) is 1. The summed E-state index contributed by atoms with van der Waals surface area (Å²) in [5.74, 6) is 0.774. The summed E-state index contributed by atoms with van der Waals surface area (Å²) in [5, 5.41) is 1.25. The third-order valence-electron chi connectivity index (χ3n) is 1.92. The highest BCUT2D eigenvalue weighted by molar-refractivity contribution is 9.10. The molecule has 0 saturated heterocycles. The number of H-pyrrole nitrogens is 1. The van der Waals surface area contributed by atoms with E-state index in [0.717, 1.165) is 15.7 Å². The second kappa shape index (κ2) is 3.15. The lowest BCUT2D eigenvalue weighted by Gasteiger charge is -1.94. The Morgan fingerprint density at radius 3 is 3.00 bits per heavy atom. The summed E-state index contributed by atoms with van der Waals surface area (Å²) in [4.78, 5) is 3.21. The first-order chi connectivity index (χ1) is 5.83. The van der Waals surface area contributed by atoms with Crippen LogP contribution in [-0.4, -0.2) is 4.98 Å². The van der Waals surface area contributed by atoms with E-state index in [1.54, 1.807) is 0 Å². The molecular formula is C9H8BrNS. The monoisotopic (exact) mass is 241 g/mol. The van der Waals surface area contributed by atoms with Gasteiger partial charge in [0.05, 0.1) is 5.52 Å². The highest BCUT2D eigenvalue weighted by atomic mass is 79.9. The fourth-order valence-corrected chi connectivity index (χ4v) is 2.05. The Hall–Kier alpha value is -0.410. The molecule has 0 bridgehead atoms. The third-order valence-corrected chi connectivity index (χ3v) is 2.92. The van der Waals surface area contributed by atoms with Gasteiger partial charge in [-0.25, -0.2) is 0 Å². The van der Waals surface area contributed by atoms with E-state index < -0.39 is 0 Å². The SMILES string of the molecule is SCc1c[nH]c2c(Br)cccc12. The Labute approximate surface area is 84.7 Å². The fourth-order valence-electron chi connectivity index (χ4n) is 1.31. The predicted molar refractivity (Wildman–Crippen MR) is 58.7 cm³/mol. The largest absolute Gasteiger partial charge is 0.360 e. The summed E-state index contributed by atoms with van der Waals surface area (Å²) in [5.41, 5.74) is 2.40. The van der Waals surface area contributed by atoms with Crippen molar-refractivity contribution in [1.82, 2.24) is 4.98 Å². The van der Waals surface area contributed by atoms with E-state index in [0.29, 0.717) is 0 Å². The van der Waals surface area contributed by atoms with E-state index in [1.807, 2.05) is 18.3 Å². The standard InChI is InChI=1S/C9H8BrNS/c10-8-3-1-2-7-6(5-12)4-11-9(7)8/h1-4,11-12H,5H2. The van der Waals surface area contributed by atoms with Gasteiger partial charge in [-0.05, 0) is 27.6 Å². The number of halogens is 1. The zero-order chi connectivity index (χ0) is 8.55. The molecule has 0 amide bonds. The van der Waals surface area contributed by atoms with E-state index in [4.69, 9.17) is 0 Å². The van der Waals surface area contributed by atoms with Crippen LogP contribution >= 0.6 is 28.6 Å². The molecule has 3 heteroatoms. The minimum atomic E-state index is 0.774. The molecule has 1 aromatic carbocycles. The van der Waals surface area contributed by atoms with Crippen LogP contribution in [0.1, 0.15) is 5.56 Å². The van der Waals surface area contributed by atoms with Crippen LogP contribution in [-0.2, 0) is 5.75 Å². The first-order valence-corrected chi connectivity index (χ1v) is 5.11. The second-order valence-corrected chi connectivity index (χ2v) is 3.80. The average molecular weight is 242 g/mol. The van der Waals surface area contributed by atoms with Crippen LogP contribution in [0, 0.1) is 0 Å². The van der Waals surface area contributed by atoms with Crippen molar-refractivity contribution < 1.29 is 0 Å². The number of hydrogen-bond donors (Lipinski definition) is 2. The van der Waals surface area contributed by atoms with Crippen LogP contribution in [0.4, 0.5) is 0 Å². The van der Waals surface area contributed by atoms with Crippen molar-refractivity contribution in [3.63, 3.8) is 0 Å². The van der Waals surface area contributed by atoms with Crippen molar-refractivity contribution in [3.8, 4) is 0 Å². The summed E-state index contributed by atoms with van der Waals surface area (Å²) in [6, 6.07) is 6.16. The van der Waals surface area contributed by atoms with Gasteiger partial charge in [-0.15, -0.1) is 0 Å². The van der Waals surface area contributed by atoms with Gasteiger partial charge in [0.15, 0.2) is 0 Å². The summed E-state index contributed by atoms with van der Waals surface area (Å²) < 4.78 is 1.10. The zero-order valence-corrected chi connectivity index (χ0v) is 8.82. The van der Waals surface area contributed by atoms with Gasteiger partial charge in [-0.2, -0.15) is 12.6 Å². The molecule has 0 radical (unpaired) electrons. The molecule has 0 aliphatic carbocycles. The van der Waals surface area contributed by atoms with E-state index in [2.05, 4.69) is 39.6 Å². The Kier molecular flexibility index (Phi) is 2.15. The molecule has 1 aromatic heterocycles. The Morgan fingerprint density at radius 2 is 2.25 bits per heavy atom. The van der Waals surface area contributed by atoms with E-state index in [-0.39, 0.29) is 0 Å². The van der Waals surface area contributed by atoms with Gasteiger partial charge in [0.25, 0.3) is 0 Å². The lowest BCUT2D eigenvalue weighted by molar-refractivity contribution is 1.40. The molecule has 0 fully saturated rings. The number of hydrogen-bond acceptors (Lipinski definition) is 1. The number of benzene rings is 1. The van der Waals surface area contributed by atoms with Crippen molar-refractivity contribution in [3.05, 3.63) is 34.4 Å². The lowest BCUT2D eigenvalue weighted by Crippen LogP contribution is -1.72. The molecule has 0 saturated carbocycles. The molecule has 0 aliphatic heterocycles. The molecule has 1 heterocycles. The molecule has 0 spiro atoms. The Bertz CT molecular complexity index is 408. The maximum atomic E-state index is 4.25. The first kappa shape index (κ1) is 8.20. The zero-order valence-electron chi connectivity index (χ0n) is 6.34. The predicted octanol–water partition coefficient (Wildman–Crippen LogP) is 3.36. The molecule has 12 heavy (non-hydrogen) atoms. The highest BCUT2D eigenvalue weighted by Gasteiger charge is 2.03. The van der Waals surface area contributed by atoms with Crippen LogP contribution < -0.4 is 0 Å². The molecule has 2 rings (SSSR count). The molecular weight excluding hydrogens is 234 g/mol. The molecule has 0 aliphatic rings. The topological polar surface area (TPSA) is 15.8 Å². The number of para-hydroxylation sites is 1. The van der Waals surface area contributed by atoms with Crippen molar-refractivity contribution in [1.29, 1.82) is 0 Å². The number of rotatable bonds is 1. The van der Waals surface area contributed by atoms with Crippen molar-refractivity contribution >= 4 is 39.5 Å². The van der Waals surface area contributed by atoms with Gasteiger partial charge in [-0.1, -0.05) is 12.1 Å².